The molecule has 0 radical (unpaired) electrons. The predicted molar refractivity (Wildman–Crippen MR) is 64.0 cm³/mol. The first kappa shape index (κ1) is 12.7. The van der Waals surface area contributed by atoms with Gasteiger partial charge in [-0.15, -0.1) is 11.3 Å². The molecule has 0 atom stereocenters. The lowest BCUT2D eigenvalue weighted by Crippen LogP contribution is -2.27. The van der Waals surface area contributed by atoms with Crippen LogP contribution in [0.25, 0.3) is 0 Å². The van der Waals surface area contributed by atoms with Crippen LogP contribution in [0, 0.1) is 10.1 Å². The molecule has 2 rings (SSSR count). The first-order valence-electron chi connectivity index (χ1n) is 4.87. The zero-order valence-corrected chi connectivity index (χ0v) is 11.0. The topological polar surface area (TPSA) is 80.5 Å². The third kappa shape index (κ3) is 2.30. The second-order valence-electron chi connectivity index (χ2n) is 3.59. The molecule has 0 aromatic carbocycles. The van der Waals surface area contributed by atoms with Crippen LogP contribution in [0.3, 0.4) is 0 Å². The van der Waals surface area contributed by atoms with Crippen LogP contribution in [0.15, 0.2) is 10.3 Å². The van der Waals surface area contributed by atoms with E-state index in [2.05, 4.69) is 0 Å². The van der Waals surface area contributed by atoms with E-state index in [-0.39, 0.29) is 14.2 Å². The first-order chi connectivity index (χ1) is 7.93. The zero-order valence-electron chi connectivity index (χ0n) is 8.63. The van der Waals surface area contributed by atoms with Gasteiger partial charge in [-0.05, 0) is 12.8 Å². The minimum Gasteiger partial charge on any atom is -0.258 e. The van der Waals surface area contributed by atoms with Crippen molar-refractivity contribution in [2.45, 2.75) is 17.1 Å². The van der Waals surface area contributed by atoms with E-state index in [1.165, 1.54) is 4.31 Å². The molecule has 1 saturated heterocycles. The summed E-state index contributed by atoms with van der Waals surface area (Å²) in [6.07, 6.45) is 1.64. The molecule has 0 amide bonds. The maximum absolute atomic E-state index is 12.1. The molecule has 0 bridgehead atoms. The highest BCUT2D eigenvalue weighted by Gasteiger charge is 2.31. The van der Waals surface area contributed by atoms with Crippen molar-refractivity contribution >= 4 is 38.6 Å². The maximum atomic E-state index is 12.1. The van der Waals surface area contributed by atoms with Crippen molar-refractivity contribution in [2.75, 3.05) is 13.1 Å². The van der Waals surface area contributed by atoms with Crippen molar-refractivity contribution in [3.8, 4) is 0 Å². The average molecular weight is 297 g/mol. The number of sulfonamides is 1. The second kappa shape index (κ2) is 4.52. The molecular formula is C8H9ClN2O4S2. The molecule has 6 nitrogen and oxygen atoms in total. The summed E-state index contributed by atoms with van der Waals surface area (Å²) in [6.45, 7) is 0.928. The van der Waals surface area contributed by atoms with Crippen molar-refractivity contribution in [1.29, 1.82) is 0 Å². The van der Waals surface area contributed by atoms with Crippen LogP contribution in [-0.2, 0) is 10.0 Å². The molecule has 0 spiro atoms. The number of halogens is 1. The maximum Gasteiger partial charge on any atom is 0.300 e. The molecule has 9 heteroatoms. The van der Waals surface area contributed by atoms with E-state index in [0.29, 0.717) is 13.1 Å². The fourth-order valence-corrected chi connectivity index (χ4v) is 4.98. The molecule has 0 N–H and O–H groups in total. The summed E-state index contributed by atoms with van der Waals surface area (Å²) >= 11 is 6.38. The van der Waals surface area contributed by atoms with Gasteiger partial charge in [0, 0.05) is 19.2 Å². The minimum atomic E-state index is -3.61. The standard InChI is InChI=1S/C8H9ClN2O4S2/c9-8-6(11(12)13)5-7(16-8)17(14,15)10-3-1-2-4-10/h5H,1-4H2. The molecule has 0 aliphatic carbocycles. The molecule has 1 aromatic heterocycles. The van der Waals surface area contributed by atoms with Crippen LogP contribution < -0.4 is 0 Å². The average Bonchev–Trinajstić information content (AvgIpc) is 2.84. The van der Waals surface area contributed by atoms with Gasteiger partial charge in [-0.2, -0.15) is 4.31 Å². The molecule has 17 heavy (non-hydrogen) atoms. The minimum absolute atomic E-state index is 0.0592. The SMILES string of the molecule is O=[N+]([O-])c1cc(S(=O)(=O)N2CCCC2)sc1Cl. The summed E-state index contributed by atoms with van der Waals surface area (Å²) in [5.74, 6) is 0. The summed E-state index contributed by atoms with van der Waals surface area (Å²) in [6, 6.07) is 1.03. The summed E-state index contributed by atoms with van der Waals surface area (Å²) < 4.78 is 25.3. The molecule has 94 valence electrons. The quantitative estimate of drug-likeness (QED) is 0.632. The van der Waals surface area contributed by atoms with E-state index in [1.807, 2.05) is 0 Å². The van der Waals surface area contributed by atoms with Gasteiger partial charge in [0.1, 0.15) is 4.21 Å². The third-order valence-electron chi connectivity index (χ3n) is 2.50. The van der Waals surface area contributed by atoms with E-state index in [4.69, 9.17) is 11.6 Å². The lowest BCUT2D eigenvalue weighted by atomic mass is 10.4. The Hall–Kier alpha value is -0.700. The lowest BCUT2D eigenvalue weighted by Gasteiger charge is -2.12. The Labute approximate surface area is 107 Å². The molecule has 1 aliphatic rings. The van der Waals surface area contributed by atoms with Gasteiger partial charge in [-0.3, -0.25) is 10.1 Å². The molecule has 0 unspecified atom stereocenters. The Morgan fingerprint density at radius 2 is 2.00 bits per heavy atom. The van der Waals surface area contributed by atoms with Crippen LogP contribution in [-0.4, -0.2) is 30.7 Å². The molecule has 1 aliphatic heterocycles. The van der Waals surface area contributed by atoms with Crippen LogP contribution in [0.2, 0.25) is 4.34 Å². The summed E-state index contributed by atoms with van der Waals surface area (Å²) in [4.78, 5) is 9.92. The van der Waals surface area contributed by atoms with Gasteiger partial charge in [0.05, 0.1) is 4.92 Å². The number of nitrogens with zero attached hydrogens (tertiary/aromatic N) is 2. The van der Waals surface area contributed by atoms with Crippen molar-refractivity contribution in [3.05, 3.63) is 20.5 Å². The summed E-state index contributed by atoms with van der Waals surface area (Å²) in [5.41, 5.74) is -0.352. The summed E-state index contributed by atoms with van der Waals surface area (Å²) in [5, 5.41) is 10.6. The van der Waals surface area contributed by atoms with Crippen LogP contribution in [0.1, 0.15) is 12.8 Å². The fraction of sp³-hybridized carbons (Fsp3) is 0.500. The molecule has 2 heterocycles. The van der Waals surface area contributed by atoms with E-state index >= 15 is 0 Å². The van der Waals surface area contributed by atoms with Gasteiger partial charge >= 0.3 is 0 Å². The lowest BCUT2D eigenvalue weighted by molar-refractivity contribution is -0.384. The van der Waals surface area contributed by atoms with Gasteiger partial charge in [-0.25, -0.2) is 8.42 Å². The van der Waals surface area contributed by atoms with Gasteiger partial charge in [0.25, 0.3) is 15.7 Å². The Bertz CT molecular complexity index is 548. The summed E-state index contributed by atoms with van der Waals surface area (Å²) in [7, 11) is -3.61. The van der Waals surface area contributed by atoms with Crippen LogP contribution >= 0.6 is 22.9 Å². The highest BCUT2D eigenvalue weighted by atomic mass is 35.5. The van der Waals surface area contributed by atoms with Gasteiger partial charge in [-0.1, -0.05) is 11.6 Å². The Balaban J connectivity index is 2.40. The van der Waals surface area contributed by atoms with Gasteiger partial charge < -0.3 is 0 Å². The van der Waals surface area contributed by atoms with Crippen LogP contribution in [0.5, 0.6) is 0 Å². The Morgan fingerprint density at radius 3 is 2.47 bits per heavy atom. The fourth-order valence-electron chi connectivity index (χ4n) is 1.65. The number of hydrogen-bond donors (Lipinski definition) is 0. The number of thiophene rings is 1. The Kier molecular flexibility index (Phi) is 3.39. The van der Waals surface area contributed by atoms with Gasteiger partial charge in [0.15, 0.2) is 4.34 Å². The van der Waals surface area contributed by atoms with E-state index in [9.17, 15) is 18.5 Å². The van der Waals surface area contributed by atoms with E-state index in [0.717, 1.165) is 30.2 Å². The molecule has 0 saturated carbocycles. The number of hydrogen-bond acceptors (Lipinski definition) is 5. The van der Waals surface area contributed by atoms with E-state index < -0.39 is 14.9 Å². The predicted octanol–water partition coefficient (Wildman–Crippen LogP) is 2.09. The second-order valence-corrected chi connectivity index (χ2v) is 7.41. The molecule has 1 fully saturated rings. The van der Waals surface area contributed by atoms with Crippen molar-refractivity contribution in [3.63, 3.8) is 0 Å². The van der Waals surface area contributed by atoms with Crippen molar-refractivity contribution < 1.29 is 13.3 Å². The van der Waals surface area contributed by atoms with Crippen LogP contribution in [0.4, 0.5) is 5.69 Å². The molecule has 1 aromatic rings. The Morgan fingerprint density at radius 1 is 1.41 bits per heavy atom. The smallest absolute Gasteiger partial charge is 0.258 e. The van der Waals surface area contributed by atoms with Gasteiger partial charge in [0.2, 0.25) is 0 Å². The largest absolute Gasteiger partial charge is 0.300 e. The zero-order chi connectivity index (χ0) is 12.6. The third-order valence-corrected chi connectivity index (χ3v) is 6.19. The first-order valence-corrected chi connectivity index (χ1v) is 7.50. The normalized spacial score (nSPS) is 17.5. The number of nitro groups is 1. The van der Waals surface area contributed by atoms with Crippen molar-refractivity contribution in [1.82, 2.24) is 4.31 Å². The molecular weight excluding hydrogens is 288 g/mol. The van der Waals surface area contributed by atoms with E-state index in [1.54, 1.807) is 0 Å². The highest BCUT2D eigenvalue weighted by molar-refractivity contribution is 7.91. The monoisotopic (exact) mass is 296 g/mol. The number of rotatable bonds is 3. The van der Waals surface area contributed by atoms with Crippen molar-refractivity contribution in [2.24, 2.45) is 0 Å². The highest BCUT2D eigenvalue weighted by Crippen LogP contribution is 2.37.